The van der Waals surface area contributed by atoms with Gasteiger partial charge in [-0.1, -0.05) is 13.8 Å². The molecule has 1 aromatic rings. The molecule has 0 bridgehead atoms. The summed E-state index contributed by atoms with van der Waals surface area (Å²) in [6.07, 6.45) is 1.99. The predicted molar refractivity (Wildman–Crippen MR) is 122 cm³/mol. The lowest BCUT2D eigenvalue weighted by atomic mass is 9.39. The number of furan rings is 1. The first-order valence-corrected chi connectivity index (χ1v) is 12.4. The van der Waals surface area contributed by atoms with E-state index in [2.05, 4.69) is 0 Å². The molecule has 3 aliphatic heterocycles. The van der Waals surface area contributed by atoms with E-state index >= 15 is 0 Å². The minimum atomic E-state index is -1.27. The van der Waals surface area contributed by atoms with Gasteiger partial charge in [0.15, 0.2) is 11.9 Å². The van der Waals surface area contributed by atoms with Crippen LogP contribution in [0.15, 0.2) is 34.3 Å². The summed E-state index contributed by atoms with van der Waals surface area (Å²) in [4.78, 5) is 39.8. The topological polar surface area (TPSA) is 125 Å². The van der Waals surface area contributed by atoms with Crippen molar-refractivity contribution in [2.24, 2.45) is 22.2 Å². The van der Waals surface area contributed by atoms with Gasteiger partial charge in [0.2, 0.25) is 5.78 Å². The third-order valence-electron chi connectivity index (χ3n) is 10.2. The van der Waals surface area contributed by atoms with Crippen LogP contribution in [0.1, 0.15) is 65.5 Å². The number of methoxy groups -OCH3 is 1. The van der Waals surface area contributed by atoms with Crippen LogP contribution in [0.4, 0.5) is 0 Å². The second kappa shape index (κ2) is 6.81. The number of rotatable bonds is 3. The summed E-state index contributed by atoms with van der Waals surface area (Å²) in [5, 5.41) is 11.5. The fourth-order valence-corrected chi connectivity index (χ4v) is 8.82. The maximum Gasteiger partial charge on any atom is 0.339 e. The molecule has 4 fully saturated rings. The van der Waals surface area contributed by atoms with E-state index in [4.69, 9.17) is 23.4 Å². The zero-order valence-electron chi connectivity index (χ0n) is 21.4. The highest BCUT2D eigenvalue weighted by Gasteiger charge is 2.89. The highest BCUT2D eigenvalue weighted by Crippen LogP contribution is 2.79. The first-order valence-electron chi connectivity index (χ1n) is 12.4. The van der Waals surface area contributed by atoms with E-state index in [1.165, 1.54) is 13.4 Å². The number of hydrogen-bond acceptors (Lipinski definition) is 9. The van der Waals surface area contributed by atoms with Crippen molar-refractivity contribution in [1.29, 1.82) is 0 Å². The van der Waals surface area contributed by atoms with Gasteiger partial charge in [-0.05, 0) is 45.6 Å². The molecule has 9 heteroatoms. The number of esters is 2. The van der Waals surface area contributed by atoms with Crippen LogP contribution in [-0.4, -0.2) is 53.3 Å². The van der Waals surface area contributed by atoms with Crippen molar-refractivity contribution < 1.29 is 42.9 Å². The maximum atomic E-state index is 14.3. The number of ether oxygens (including phenoxy) is 4. The van der Waals surface area contributed by atoms with E-state index in [0.29, 0.717) is 24.0 Å². The molecule has 1 aromatic heterocycles. The lowest BCUT2D eigenvalue weighted by molar-refractivity contribution is -0.201. The van der Waals surface area contributed by atoms with Gasteiger partial charge in [0, 0.05) is 22.0 Å². The Morgan fingerprint density at radius 1 is 1.14 bits per heavy atom. The van der Waals surface area contributed by atoms with Crippen molar-refractivity contribution in [3.05, 3.63) is 35.5 Å². The van der Waals surface area contributed by atoms with E-state index in [1.807, 2.05) is 13.8 Å². The smallest absolute Gasteiger partial charge is 0.339 e. The summed E-state index contributed by atoms with van der Waals surface area (Å²) in [5.74, 6) is -2.14. The molecule has 6 rings (SSSR count). The summed E-state index contributed by atoms with van der Waals surface area (Å²) in [6.45, 7) is 9.37. The number of carbonyl (C=O) groups excluding carboxylic acids is 3. The van der Waals surface area contributed by atoms with Crippen LogP contribution in [0.2, 0.25) is 0 Å². The summed E-state index contributed by atoms with van der Waals surface area (Å²) < 4.78 is 28.8. The van der Waals surface area contributed by atoms with Gasteiger partial charge in [-0.25, -0.2) is 4.79 Å². The Balaban J connectivity index is 1.56. The molecular weight excluding hydrogens is 468 g/mol. The van der Waals surface area contributed by atoms with Gasteiger partial charge in [-0.3, -0.25) is 9.59 Å². The molecule has 2 aliphatic carbocycles. The summed E-state index contributed by atoms with van der Waals surface area (Å²) in [5.41, 5.74) is -3.86. The minimum absolute atomic E-state index is 0.0256. The lowest BCUT2D eigenvalue weighted by Gasteiger charge is -2.62. The number of carbonyl (C=O) groups is 3. The van der Waals surface area contributed by atoms with Gasteiger partial charge in [0.25, 0.3) is 0 Å². The van der Waals surface area contributed by atoms with E-state index < -0.39 is 63.5 Å². The van der Waals surface area contributed by atoms with Crippen LogP contribution in [0.5, 0.6) is 0 Å². The molecule has 1 N–H and O–H groups in total. The average molecular weight is 501 g/mol. The van der Waals surface area contributed by atoms with Gasteiger partial charge < -0.3 is 28.5 Å². The Morgan fingerprint density at radius 3 is 2.50 bits per heavy atom. The molecule has 1 spiro atoms. The molecule has 0 radical (unpaired) electrons. The van der Waals surface area contributed by atoms with Crippen LogP contribution in [-0.2, 0) is 33.3 Å². The monoisotopic (exact) mass is 500 g/mol. The van der Waals surface area contributed by atoms with Gasteiger partial charge in [0.1, 0.15) is 11.7 Å². The molecule has 5 aliphatic rings. The zero-order valence-corrected chi connectivity index (χ0v) is 21.4. The molecule has 4 heterocycles. The van der Waals surface area contributed by atoms with E-state index in [9.17, 15) is 19.5 Å². The molecule has 36 heavy (non-hydrogen) atoms. The van der Waals surface area contributed by atoms with Crippen LogP contribution >= 0.6 is 0 Å². The highest BCUT2D eigenvalue weighted by atomic mass is 16.7. The third-order valence-corrected chi connectivity index (χ3v) is 10.2. The molecule has 9 nitrogen and oxygen atoms in total. The molecule has 194 valence electrons. The third kappa shape index (κ3) is 2.37. The van der Waals surface area contributed by atoms with Crippen molar-refractivity contribution in [3.63, 3.8) is 0 Å². The number of aliphatic hydroxyl groups excluding tert-OH is 1. The van der Waals surface area contributed by atoms with E-state index in [1.54, 1.807) is 33.1 Å². The van der Waals surface area contributed by atoms with Gasteiger partial charge >= 0.3 is 11.9 Å². The SMILES string of the molecule is COC(=O)CC1OC(C)(C)C2=C(O)C(=O)C3(C)C(CCC4(C)C(c5ccoc5)OC(=O)C5OC543)C21C. The molecule has 8 unspecified atom stereocenters. The Labute approximate surface area is 209 Å². The fraction of sp³-hybridized carbons (Fsp3) is 0.667. The largest absolute Gasteiger partial charge is 0.504 e. The number of Topliss-reactive ketones (excluding diaryl/α,β-unsaturated/α-hetero) is 1. The van der Waals surface area contributed by atoms with E-state index in [0.717, 1.165) is 0 Å². The van der Waals surface area contributed by atoms with Crippen LogP contribution in [0.3, 0.4) is 0 Å². The number of ketones is 1. The standard InChI is InChI=1S/C27H32O9/c1-23(2)18-17(29)19(30)26(5)14(25(18,4)15(35-23)11-16(28)32-6)7-9-24(3)20(13-8-10-33-12-13)34-22(31)21-27(24,26)36-21/h8,10,12,14-15,20-21,29H,7,9,11H2,1-6H3. The molecule has 8 atom stereocenters. The number of fused-ring (bicyclic) bond motifs is 3. The van der Waals surface area contributed by atoms with Crippen molar-refractivity contribution >= 4 is 17.7 Å². The summed E-state index contributed by atoms with van der Waals surface area (Å²) in [7, 11) is 1.32. The average Bonchev–Trinajstić information content (AvgIpc) is 3.31. The quantitative estimate of drug-likeness (QED) is 0.490. The summed E-state index contributed by atoms with van der Waals surface area (Å²) >= 11 is 0. The number of epoxide rings is 1. The van der Waals surface area contributed by atoms with Crippen molar-refractivity contribution in [2.45, 2.75) is 83.4 Å². The first kappa shape index (κ1) is 23.7. The van der Waals surface area contributed by atoms with Gasteiger partial charge in [0.05, 0.1) is 43.2 Å². The zero-order chi connectivity index (χ0) is 26.1. The predicted octanol–water partition coefficient (Wildman–Crippen LogP) is 3.58. The van der Waals surface area contributed by atoms with Crippen LogP contribution in [0, 0.1) is 22.2 Å². The molecule has 1 saturated carbocycles. The Kier molecular flexibility index (Phi) is 4.49. The second-order valence-corrected chi connectivity index (χ2v) is 12.1. The Bertz CT molecular complexity index is 1210. The van der Waals surface area contributed by atoms with Gasteiger partial charge in [-0.15, -0.1) is 0 Å². The Morgan fingerprint density at radius 2 is 1.86 bits per heavy atom. The van der Waals surface area contributed by atoms with Crippen molar-refractivity contribution in [3.8, 4) is 0 Å². The second-order valence-electron chi connectivity index (χ2n) is 12.1. The summed E-state index contributed by atoms with van der Waals surface area (Å²) in [6, 6.07) is 1.76. The highest BCUT2D eigenvalue weighted by molar-refractivity contribution is 6.03. The number of hydrogen-bond donors (Lipinski definition) is 1. The fourth-order valence-electron chi connectivity index (χ4n) is 8.82. The lowest BCUT2D eigenvalue weighted by Crippen LogP contribution is -2.70. The van der Waals surface area contributed by atoms with Crippen LogP contribution in [0.25, 0.3) is 0 Å². The van der Waals surface area contributed by atoms with Crippen molar-refractivity contribution in [2.75, 3.05) is 7.11 Å². The minimum Gasteiger partial charge on any atom is -0.504 e. The molecular formula is C27H32O9. The normalized spacial score (nSPS) is 46.3. The van der Waals surface area contributed by atoms with Crippen molar-refractivity contribution in [1.82, 2.24) is 0 Å². The first-order chi connectivity index (χ1) is 16.8. The number of allylic oxidation sites excluding steroid dienone is 1. The molecule has 0 aromatic carbocycles. The Hall–Kier alpha value is -2.65. The van der Waals surface area contributed by atoms with E-state index in [-0.39, 0.29) is 18.1 Å². The van der Waals surface area contributed by atoms with Crippen LogP contribution < -0.4 is 0 Å². The molecule has 0 amide bonds. The maximum absolute atomic E-state index is 14.3. The number of aliphatic hydroxyl groups is 1. The number of cyclic esters (lactones) is 1. The molecule has 3 saturated heterocycles. The van der Waals surface area contributed by atoms with Gasteiger partial charge in [-0.2, -0.15) is 0 Å².